The molecule has 0 aliphatic heterocycles. The van der Waals surface area contributed by atoms with Gasteiger partial charge in [0.15, 0.2) is 0 Å². The first-order valence-corrected chi connectivity index (χ1v) is 9.09. The summed E-state index contributed by atoms with van der Waals surface area (Å²) in [7, 11) is 0. The maximum absolute atomic E-state index is 10.1. The van der Waals surface area contributed by atoms with Gasteiger partial charge in [-0.25, -0.2) is 0 Å². The van der Waals surface area contributed by atoms with Crippen LogP contribution < -0.4 is 10.1 Å². The average molecular weight is 335 g/mol. The highest BCUT2D eigenvalue weighted by molar-refractivity contribution is 5.38. The van der Waals surface area contributed by atoms with Gasteiger partial charge in [-0.05, 0) is 55.2 Å². The predicted octanol–water partition coefficient (Wildman–Crippen LogP) is 2.93. The lowest BCUT2D eigenvalue weighted by Gasteiger charge is -2.27. The van der Waals surface area contributed by atoms with Crippen molar-refractivity contribution in [2.75, 3.05) is 13.2 Å². The van der Waals surface area contributed by atoms with Crippen molar-refractivity contribution in [3.05, 3.63) is 29.3 Å². The van der Waals surface area contributed by atoms with Crippen LogP contribution >= 0.6 is 0 Å². The fraction of sp³-hybridized carbons (Fsp3) is 0.700. The van der Waals surface area contributed by atoms with Crippen LogP contribution in [0.25, 0.3) is 0 Å². The van der Waals surface area contributed by atoms with E-state index in [0.717, 1.165) is 37.0 Å². The highest BCUT2D eigenvalue weighted by Gasteiger charge is 2.20. The molecular formula is C20H33NO3. The van der Waals surface area contributed by atoms with Crippen molar-refractivity contribution in [3.8, 4) is 5.75 Å². The highest BCUT2D eigenvalue weighted by Crippen LogP contribution is 2.27. The molecule has 0 amide bonds. The quantitative estimate of drug-likeness (QED) is 0.748. The second kappa shape index (κ2) is 8.32. The van der Waals surface area contributed by atoms with E-state index in [4.69, 9.17) is 4.74 Å². The molecule has 1 fully saturated rings. The maximum Gasteiger partial charge on any atom is 0.122 e. The van der Waals surface area contributed by atoms with E-state index in [2.05, 4.69) is 38.2 Å². The fourth-order valence-corrected chi connectivity index (χ4v) is 3.11. The van der Waals surface area contributed by atoms with Crippen LogP contribution in [0.15, 0.2) is 18.2 Å². The third-order valence-electron chi connectivity index (χ3n) is 4.81. The van der Waals surface area contributed by atoms with Gasteiger partial charge in [0.05, 0.1) is 6.10 Å². The van der Waals surface area contributed by atoms with Crippen LogP contribution in [-0.2, 0) is 5.41 Å². The van der Waals surface area contributed by atoms with Crippen LogP contribution in [0.2, 0.25) is 0 Å². The second-order valence-electron chi connectivity index (χ2n) is 8.11. The van der Waals surface area contributed by atoms with Crippen molar-refractivity contribution in [2.24, 2.45) is 0 Å². The van der Waals surface area contributed by atoms with E-state index in [-0.39, 0.29) is 18.1 Å². The Morgan fingerprint density at radius 2 is 1.88 bits per heavy atom. The van der Waals surface area contributed by atoms with Crippen molar-refractivity contribution >= 4 is 0 Å². The molecule has 3 N–H and O–H groups in total. The molecule has 1 aliphatic rings. The summed E-state index contributed by atoms with van der Waals surface area (Å²) in [5, 5.41) is 23.0. The van der Waals surface area contributed by atoms with Crippen molar-refractivity contribution in [1.29, 1.82) is 0 Å². The number of rotatable bonds is 6. The molecule has 0 aromatic heterocycles. The van der Waals surface area contributed by atoms with E-state index in [1.54, 1.807) is 0 Å². The lowest BCUT2D eigenvalue weighted by molar-refractivity contribution is 0.0899. The Kier molecular flexibility index (Phi) is 6.67. The number of benzene rings is 1. The molecule has 0 saturated heterocycles. The van der Waals surface area contributed by atoms with Crippen LogP contribution in [0.5, 0.6) is 5.75 Å². The lowest BCUT2D eigenvalue weighted by Crippen LogP contribution is -2.40. The van der Waals surface area contributed by atoms with Gasteiger partial charge in [-0.3, -0.25) is 0 Å². The van der Waals surface area contributed by atoms with E-state index in [9.17, 15) is 10.2 Å². The summed E-state index contributed by atoms with van der Waals surface area (Å²) in [4.78, 5) is 0. The minimum absolute atomic E-state index is 0.125. The molecule has 4 heteroatoms. The third-order valence-corrected chi connectivity index (χ3v) is 4.81. The molecule has 1 aromatic rings. The van der Waals surface area contributed by atoms with Crippen LogP contribution in [0.4, 0.5) is 0 Å². The first-order valence-electron chi connectivity index (χ1n) is 9.09. The SMILES string of the molecule is Cc1cc(C(C)(C)C)ccc1OC[C@H](O)CNC1CCC(O)CC1. The van der Waals surface area contributed by atoms with E-state index in [1.807, 2.05) is 13.0 Å². The Bertz CT molecular complexity index is 516. The molecule has 136 valence electrons. The molecule has 1 aromatic carbocycles. The summed E-state index contributed by atoms with van der Waals surface area (Å²) in [6.07, 6.45) is 2.98. The summed E-state index contributed by atoms with van der Waals surface area (Å²) in [5.74, 6) is 0.836. The number of aliphatic hydroxyl groups is 2. The van der Waals surface area contributed by atoms with Gasteiger partial charge in [0.2, 0.25) is 0 Å². The Hall–Kier alpha value is -1.10. The molecule has 1 atom stereocenters. The van der Waals surface area contributed by atoms with Gasteiger partial charge < -0.3 is 20.3 Å². The summed E-state index contributed by atoms with van der Waals surface area (Å²) < 4.78 is 5.79. The normalized spacial score (nSPS) is 23.1. The maximum atomic E-state index is 10.1. The predicted molar refractivity (Wildman–Crippen MR) is 97.6 cm³/mol. The second-order valence-corrected chi connectivity index (χ2v) is 8.11. The number of hydrogen-bond acceptors (Lipinski definition) is 4. The molecule has 1 saturated carbocycles. The molecule has 0 radical (unpaired) electrons. The van der Waals surface area contributed by atoms with Crippen molar-refractivity contribution in [3.63, 3.8) is 0 Å². The molecule has 0 unspecified atom stereocenters. The fourth-order valence-electron chi connectivity index (χ4n) is 3.11. The smallest absolute Gasteiger partial charge is 0.122 e. The zero-order valence-electron chi connectivity index (χ0n) is 15.5. The molecule has 2 rings (SSSR count). The molecule has 4 nitrogen and oxygen atoms in total. The minimum atomic E-state index is -0.529. The standard InChI is InChI=1S/C20H33NO3/c1-14-11-15(20(2,3)4)5-10-19(14)24-13-18(23)12-21-16-6-8-17(22)9-7-16/h5,10-11,16-18,21-23H,6-9,12-13H2,1-4H3/t16?,17?,18-/m1/s1. The largest absolute Gasteiger partial charge is 0.491 e. The summed E-state index contributed by atoms with van der Waals surface area (Å²) >= 11 is 0. The Labute approximate surface area is 146 Å². The van der Waals surface area contributed by atoms with Gasteiger partial charge in [0.25, 0.3) is 0 Å². The van der Waals surface area contributed by atoms with E-state index < -0.39 is 6.10 Å². The zero-order valence-corrected chi connectivity index (χ0v) is 15.5. The molecule has 0 heterocycles. The number of ether oxygens (including phenoxy) is 1. The number of nitrogens with one attached hydrogen (secondary N) is 1. The Balaban J connectivity index is 1.76. The van der Waals surface area contributed by atoms with E-state index >= 15 is 0 Å². The first kappa shape index (κ1) is 19.2. The number of aliphatic hydroxyl groups excluding tert-OH is 2. The third kappa shape index (κ3) is 5.76. The summed E-state index contributed by atoms with van der Waals surface area (Å²) in [6.45, 7) is 9.45. The van der Waals surface area contributed by atoms with Gasteiger partial charge in [-0.15, -0.1) is 0 Å². The molecular weight excluding hydrogens is 302 g/mol. The number of hydrogen-bond donors (Lipinski definition) is 3. The van der Waals surface area contributed by atoms with Crippen LogP contribution in [0, 0.1) is 6.92 Å². The average Bonchev–Trinajstić information content (AvgIpc) is 2.52. The van der Waals surface area contributed by atoms with E-state index in [0.29, 0.717) is 12.6 Å². The van der Waals surface area contributed by atoms with Gasteiger partial charge in [-0.1, -0.05) is 32.9 Å². The molecule has 0 bridgehead atoms. The topological polar surface area (TPSA) is 61.7 Å². The van der Waals surface area contributed by atoms with E-state index in [1.165, 1.54) is 5.56 Å². The van der Waals surface area contributed by atoms with Gasteiger partial charge in [0.1, 0.15) is 18.5 Å². The highest BCUT2D eigenvalue weighted by atomic mass is 16.5. The van der Waals surface area contributed by atoms with Crippen LogP contribution in [-0.4, -0.2) is 41.6 Å². The zero-order chi connectivity index (χ0) is 17.7. The van der Waals surface area contributed by atoms with Crippen LogP contribution in [0.3, 0.4) is 0 Å². The van der Waals surface area contributed by atoms with Crippen molar-refractivity contribution in [2.45, 2.75) is 77.0 Å². The molecule has 0 spiro atoms. The Morgan fingerprint density at radius 1 is 1.21 bits per heavy atom. The summed E-state index contributed by atoms with van der Waals surface area (Å²) in [5.41, 5.74) is 2.51. The lowest BCUT2D eigenvalue weighted by atomic mass is 9.86. The number of aryl methyl sites for hydroxylation is 1. The minimum Gasteiger partial charge on any atom is -0.491 e. The van der Waals surface area contributed by atoms with Gasteiger partial charge >= 0.3 is 0 Å². The van der Waals surface area contributed by atoms with Crippen molar-refractivity contribution < 1.29 is 14.9 Å². The van der Waals surface area contributed by atoms with Crippen LogP contribution in [0.1, 0.15) is 57.6 Å². The monoisotopic (exact) mass is 335 g/mol. The van der Waals surface area contributed by atoms with Gasteiger partial charge in [-0.2, -0.15) is 0 Å². The Morgan fingerprint density at radius 3 is 2.46 bits per heavy atom. The molecule has 1 aliphatic carbocycles. The first-order chi connectivity index (χ1) is 11.3. The van der Waals surface area contributed by atoms with Gasteiger partial charge in [0, 0.05) is 12.6 Å². The molecule has 24 heavy (non-hydrogen) atoms. The summed E-state index contributed by atoms with van der Waals surface area (Å²) in [6, 6.07) is 6.66. The van der Waals surface area contributed by atoms with Crippen molar-refractivity contribution in [1.82, 2.24) is 5.32 Å².